The molecule has 1 aromatic rings. The van der Waals surface area contributed by atoms with E-state index in [-0.39, 0.29) is 6.54 Å². The van der Waals surface area contributed by atoms with Gasteiger partial charge >= 0.3 is 0 Å². The van der Waals surface area contributed by atoms with E-state index < -0.39 is 4.92 Å². The van der Waals surface area contributed by atoms with Crippen LogP contribution in [0.3, 0.4) is 0 Å². The van der Waals surface area contributed by atoms with Crippen molar-refractivity contribution in [3.05, 3.63) is 31.5 Å². The summed E-state index contributed by atoms with van der Waals surface area (Å²) in [7, 11) is 0. The number of rotatable bonds is 2. The van der Waals surface area contributed by atoms with E-state index in [0.29, 0.717) is 9.90 Å². The van der Waals surface area contributed by atoms with Gasteiger partial charge in [0.1, 0.15) is 0 Å². The molecule has 0 spiro atoms. The van der Waals surface area contributed by atoms with Crippen LogP contribution in [0.4, 0.5) is 0 Å². The molecule has 0 radical (unpaired) electrons. The highest BCUT2D eigenvalue weighted by Crippen LogP contribution is 2.22. The first kappa shape index (κ1) is 7.50. The van der Waals surface area contributed by atoms with Crippen LogP contribution in [0.15, 0.2) is 11.4 Å². The fourth-order valence-corrected chi connectivity index (χ4v) is 1.62. The van der Waals surface area contributed by atoms with Gasteiger partial charge in [-0.2, -0.15) is 0 Å². The molecule has 0 aliphatic heterocycles. The Morgan fingerprint density at radius 3 is 2.90 bits per heavy atom. The van der Waals surface area contributed by atoms with Gasteiger partial charge in [-0.25, -0.2) is 0 Å². The molecule has 0 aliphatic rings. The molecule has 0 unspecified atom stereocenters. The molecule has 0 atom stereocenters. The van der Waals surface area contributed by atoms with Crippen molar-refractivity contribution in [2.75, 3.05) is 0 Å². The zero-order chi connectivity index (χ0) is 7.56. The highest BCUT2D eigenvalue weighted by Gasteiger charge is 2.06. The summed E-state index contributed by atoms with van der Waals surface area (Å²) in [5.41, 5.74) is 0. The maximum Gasteiger partial charge on any atom is 0.239 e. The van der Waals surface area contributed by atoms with Crippen LogP contribution < -0.4 is 0 Å². The van der Waals surface area contributed by atoms with Gasteiger partial charge in [0.15, 0.2) is 0 Å². The zero-order valence-corrected chi connectivity index (χ0v) is 6.48. The van der Waals surface area contributed by atoms with Crippen LogP contribution in [0.25, 0.3) is 0 Å². The average Bonchev–Trinajstić information content (AvgIpc) is 2.15. The topological polar surface area (TPSA) is 43.1 Å². The second-order valence-electron chi connectivity index (χ2n) is 1.68. The first-order valence-electron chi connectivity index (χ1n) is 2.54. The maximum absolute atomic E-state index is 9.97. The van der Waals surface area contributed by atoms with Gasteiger partial charge in [0, 0.05) is 4.92 Å². The largest absolute Gasteiger partial charge is 0.264 e. The Kier molecular flexibility index (Phi) is 2.24. The van der Waals surface area contributed by atoms with Crippen molar-refractivity contribution in [1.29, 1.82) is 0 Å². The molecule has 0 N–H and O–H groups in total. The van der Waals surface area contributed by atoms with Gasteiger partial charge in [0.25, 0.3) is 0 Å². The van der Waals surface area contributed by atoms with Crippen molar-refractivity contribution in [3.63, 3.8) is 0 Å². The lowest BCUT2D eigenvalue weighted by Crippen LogP contribution is -1.95. The highest BCUT2D eigenvalue weighted by molar-refractivity contribution is 7.10. The lowest BCUT2D eigenvalue weighted by Gasteiger charge is -1.87. The van der Waals surface area contributed by atoms with Gasteiger partial charge in [-0.15, -0.1) is 11.3 Å². The SMILES string of the molecule is O=[N+]([O-])Cc1sccc1Cl. The lowest BCUT2D eigenvalue weighted by atomic mass is 10.5. The minimum atomic E-state index is -0.391. The predicted molar refractivity (Wildman–Crippen MR) is 40.0 cm³/mol. The van der Waals surface area contributed by atoms with Crippen LogP contribution in [0.5, 0.6) is 0 Å². The highest BCUT2D eigenvalue weighted by atomic mass is 35.5. The molecule has 0 saturated carbocycles. The molecule has 0 fully saturated rings. The van der Waals surface area contributed by atoms with Crippen molar-refractivity contribution in [1.82, 2.24) is 0 Å². The molecule has 1 heterocycles. The lowest BCUT2D eigenvalue weighted by molar-refractivity contribution is -0.496. The molecular weight excluding hydrogens is 174 g/mol. The fourth-order valence-electron chi connectivity index (χ4n) is 0.555. The Morgan fingerprint density at radius 1 is 1.80 bits per heavy atom. The number of halogens is 1. The van der Waals surface area contributed by atoms with Gasteiger partial charge in [-0.3, -0.25) is 10.1 Å². The van der Waals surface area contributed by atoms with E-state index in [1.165, 1.54) is 11.3 Å². The number of thiophene rings is 1. The molecule has 0 aliphatic carbocycles. The first-order chi connectivity index (χ1) is 4.70. The monoisotopic (exact) mass is 177 g/mol. The number of nitro groups is 1. The fraction of sp³-hybridized carbons (Fsp3) is 0.200. The average molecular weight is 178 g/mol. The molecule has 5 heteroatoms. The Bertz CT molecular complexity index is 248. The summed E-state index contributed by atoms with van der Waals surface area (Å²) in [6.45, 7) is -0.170. The van der Waals surface area contributed by atoms with Gasteiger partial charge < -0.3 is 0 Å². The van der Waals surface area contributed by atoms with Crippen molar-refractivity contribution in [2.24, 2.45) is 0 Å². The normalized spacial score (nSPS) is 9.70. The number of nitrogens with zero attached hydrogens (tertiary/aromatic N) is 1. The van der Waals surface area contributed by atoms with E-state index in [4.69, 9.17) is 11.6 Å². The molecule has 0 bridgehead atoms. The van der Waals surface area contributed by atoms with Gasteiger partial charge in [0.2, 0.25) is 6.54 Å². The molecule has 0 aromatic carbocycles. The van der Waals surface area contributed by atoms with Crippen molar-refractivity contribution >= 4 is 22.9 Å². The maximum atomic E-state index is 9.97. The van der Waals surface area contributed by atoms with Crippen LogP contribution in [0, 0.1) is 10.1 Å². The van der Waals surface area contributed by atoms with Crippen LogP contribution >= 0.6 is 22.9 Å². The summed E-state index contributed by atoms with van der Waals surface area (Å²) in [6.07, 6.45) is 0. The minimum absolute atomic E-state index is 0.170. The smallest absolute Gasteiger partial charge is 0.239 e. The molecule has 0 saturated heterocycles. The van der Waals surface area contributed by atoms with E-state index in [9.17, 15) is 10.1 Å². The summed E-state index contributed by atoms with van der Waals surface area (Å²) in [6, 6.07) is 1.66. The first-order valence-corrected chi connectivity index (χ1v) is 3.79. The van der Waals surface area contributed by atoms with Crippen LogP contribution in [0.1, 0.15) is 4.88 Å². The van der Waals surface area contributed by atoms with Gasteiger partial charge in [-0.05, 0) is 11.4 Å². The Labute approximate surface area is 66.4 Å². The Balaban J connectivity index is 2.74. The van der Waals surface area contributed by atoms with E-state index in [0.717, 1.165) is 0 Å². The Hall–Kier alpha value is -0.610. The van der Waals surface area contributed by atoms with Crippen LogP contribution in [-0.2, 0) is 6.54 Å². The zero-order valence-electron chi connectivity index (χ0n) is 4.91. The number of hydrogen-bond donors (Lipinski definition) is 0. The van der Waals surface area contributed by atoms with E-state index in [1.807, 2.05) is 0 Å². The molecule has 10 heavy (non-hydrogen) atoms. The van der Waals surface area contributed by atoms with E-state index in [1.54, 1.807) is 11.4 Å². The summed E-state index contributed by atoms with van der Waals surface area (Å²) >= 11 is 6.89. The third-order valence-electron chi connectivity index (χ3n) is 0.964. The standard InChI is InChI=1S/C5H4ClNO2S/c6-4-1-2-10-5(4)3-7(8)9/h1-2H,3H2. The summed E-state index contributed by atoms with van der Waals surface area (Å²) < 4.78 is 0. The van der Waals surface area contributed by atoms with E-state index in [2.05, 4.69) is 0 Å². The molecule has 1 aromatic heterocycles. The van der Waals surface area contributed by atoms with E-state index >= 15 is 0 Å². The molecular formula is C5H4ClNO2S. The molecule has 54 valence electrons. The second-order valence-corrected chi connectivity index (χ2v) is 3.09. The predicted octanol–water partition coefficient (Wildman–Crippen LogP) is 2.18. The molecule has 3 nitrogen and oxygen atoms in total. The number of hydrogen-bond acceptors (Lipinski definition) is 3. The minimum Gasteiger partial charge on any atom is -0.264 e. The van der Waals surface area contributed by atoms with Gasteiger partial charge in [-0.1, -0.05) is 11.6 Å². The third-order valence-corrected chi connectivity index (χ3v) is 2.34. The van der Waals surface area contributed by atoms with Crippen LogP contribution in [-0.4, -0.2) is 4.92 Å². The summed E-state index contributed by atoms with van der Waals surface area (Å²) in [5, 5.41) is 12.2. The van der Waals surface area contributed by atoms with Crippen molar-refractivity contribution in [2.45, 2.75) is 6.54 Å². The summed E-state index contributed by atoms with van der Waals surface area (Å²) in [4.78, 5) is 10.2. The van der Waals surface area contributed by atoms with Gasteiger partial charge in [0.05, 0.1) is 9.90 Å². The van der Waals surface area contributed by atoms with Crippen molar-refractivity contribution in [3.8, 4) is 0 Å². The molecule has 0 amide bonds. The quantitative estimate of drug-likeness (QED) is 0.513. The third kappa shape index (κ3) is 1.68. The summed E-state index contributed by atoms with van der Waals surface area (Å²) in [5.74, 6) is 0. The Morgan fingerprint density at radius 2 is 2.50 bits per heavy atom. The second kappa shape index (κ2) is 2.98. The molecule has 1 rings (SSSR count). The van der Waals surface area contributed by atoms with Crippen molar-refractivity contribution < 1.29 is 4.92 Å². The van der Waals surface area contributed by atoms with Crippen LogP contribution in [0.2, 0.25) is 5.02 Å².